The van der Waals surface area contributed by atoms with E-state index in [0.29, 0.717) is 0 Å². The van der Waals surface area contributed by atoms with Crippen LogP contribution in [0, 0.1) is 6.92 Å². The highest BCUT2D eigenvalue weighted by atomic mass is 14.8. The van der Waals surface area contributed by atoms with Gasteiger partial charge in [-0.1, -0.05) is 12.1 Å². The summed E-state index contributed by atoms with van der Waals surface area (Å²) in [6, 6.07) is 9.96. The van der Waals surface area contributed by atoms with E-state index in [1.165, 1.54) is 0 Å². The lowest BCUT2D eigenvalue weighted by Gasteiger charge is -2.06. The molecule has 0 bridgehead atoms. The van der Waals surface area contributed by atoms with Crippen LogP contribution in [0.2, 0.25) is 0 Å². The Labute approximate surface area is 113 Å². The molecule has 0 N–H and O–H groups in total. The summed E-state index contributed by atoms with van der Waals surface area (Å²) in [6.07, 6.45) is 5.72. The summed E-state index contributed by atoms with van der Waals surface area (Å²) in [6.45, 7) is 3.96. The van der Waals surface area contributed by atoms with E-state index in [9.17, 15) is 0 Å². The summed E-state index contributed by atoms with van der Waals surface area (Å²) in [5.74, 6) is 0. The van der Waals surface area contributed by atoms with Crippen molar-refractivity contribution in [3.8, 4) is 11.3 Å². The summed E-state index contributed by atoms with van der Waals surface area (Å²) < 4.78 is 0. The number of aliphatic imine (C=N–C) groups is 1. The van der Waals surface area contributed by atoms with Gasteiger partial charge in [-0.2, -0.15) is 0 Å². The van der Waals surface area contributed by atoms with Crippen LogP contribution in [0.1, 0.15) is 18.3 Å². The molecule has 0 saturated carbocycles. The van der Waals surface area contributed by atoms with Gasteiger partial charge < -0.3 is 0 Å². The van der Waals surface area contributed by atoms with Crippen LogP contribution < -0.4 is 0 Å². The van der Waals surface area contributed by atoms with Crippen molar-refractivity contribution in [3.05, 3.63) is 60.1 Å². The zero-order chi connectivity index (χ0) is 13.7. The molecule has 2 rings (SSSR count). The van der Waals surface area contributed by atoms with Gasteiger partial charge in [0.25, 0.3) is 0 Å². The van der Waals surface area contributed by atoms with Gasteiger partial charge in [0, 0.05) is 24.5 Å². The fourth-order valence-electron chi connectivity index (χ4n) is 1.91. The second-order valence-corrected chi connectivity index (χ2v) is 4.21. The van der Waals surface area contributed by atoms with Crippen molar-refractivity contribution in [2.24, 2.45) is 4.99 Å². The van der Waals surface area contributed by atoms with Crippen molar-refractivity contribution in [1.29, 1.82) is 0 Å². The van der Waals surface area contributed by atoms with Crippen molar-refractivity contribution in [1.82, 2.24) is 9.97 Å². The molecule has 2 heterocycles. The lowest BCUT2D eigenvalue weighted by Crippen LogP contribution is -2.02. The molecule has 2 aromatic rings. The molecule has 2 aromatic heterocycles. The van der Waals surface area contributed by atoms with E-state index in [2.05, 4.69) is 15.0 Å². The Morgan fingerprint density at radius 3 is 2.74 bits per heavy atom. The first-order valence-electron chi connectivity index (χ1n) is 6.24. The molecule has 3 nitrogen and oxygen atoms in total. The number of aromatic nitrogens is 2. The first kappa shape index (κ1) is 13.1. The third-order valence-corrected chi connectivity index (χ3v) is 2.74. The summed E-state index contributed by atoms with van der Waals surface area (Å²) in [5.41, 5.74) is 4.73. The van der Waals surface area contributed by atoms with Crippen LogP contribution in [-0.2, 0) is 0 Å². The minimum Gasteiger partial charge on any atom is -0.286 e. The summed E-state index contributed by atoms with van der Waals surface area (Å²) in [7, 11) is 1.78. The largest absolute Gasteiger partial charge is 0.286 e. The monoisotopic (exact) mass is 251 g/mol. The quantitative estimate of drug-likeness (QED) is 0.784. The highest BCUT2D eigenvalue weighted by Gasteiger charge is 2.06. The maximum Gasteiger partial charge on any atom is 0.0891 e. The van der Waals surface area contributed by atoms with Crippen LogP contribution >= 0.6 is 0 Å². The van der Waals surface area contributed by atoms with E-state index < -0.39 is 0 Å². The zero-order valence-electron chi connectivity index (χ0n) is 11.5. The number of rotatable bonds is 3. The standard InChI is InChI=1S/C16H17N3/c1-4-7-15(17-3)16-11-13(10-12(2)19-16)14-8-5-6-9-18-14/h4-11H,1-3H3/b7-4-,17-15?. The van der Waals surface area contributed by atoms with Crippen LogP contribution in [-0.4, -0.2) is 22.7 Å². The maximum atomic E-state index is 4.54. The summed E-state index contributed by atoms with van der Waals surface area (Å²) in [5, 5.41) is 0. The number of hydrogen-bond acceptors (Lipinski definition) is 3. The van der Waals surface area contributed by atoms with Gasteiger partial charge in [-0.05, 0) is 44.2 Å². The van der Waals surface area contributed by atoms with Crippen molar-refractivity contribution < 1.29 is 0 Å². The van der Waals surface area contributed by atoms with E-state index in [-0.39, 0.29) is 0 Å². The topological polar surface area (TPSA) is 38.1 Å². The van der Waals surface area contributed by atoms with Crippen molar-refractivity contribution in [3.63, 3.8) is 0 Å². The molecule has 0 aliphatic heterocycles. The molecule has 19 heavy (non-hydrogen) atoms. The van der Waals surface area contributed by atoms with Crippen LogP contribution in [0.4, 0.5) is 0 Å². The molecule has 0 spiro atoms. The fraction of sp³-hybridized carbons (Fsp3) is 0.188. The Hall–Kier alpha value is -2.29. The molecule has 0 radical (unpaired) electrons. The second kappa shape index (κ2) is 6.05. The van der Waals surface area contributed by atoms with Crippen molar-refractivity contribution in [2.45, 2.75) is 13.8 Å². The lowest BCUT2D eigenvalue weighted by molar-refractivity contribution is 1.17. The molecule has 0 unspecified atom stereocenters. The third kappa shape index (κ3) is 3.13. The normalized spacial score (nSPS) is 12.1. The SMILES string of the molecule is C/C=C\C(=NC)c1cc(-c2ccccn2)cc(C)n1. The van der Waals surface area contributed by atoms with Gasteiger partial charge in [0.1, 0.15) is 0 Å². The molecular weight excluding hydrogens is 234 g/mol. The number of pyridine rings is 2. The number of hydrogen-bond donors (Lipinski definition) is 0. The molecular formula is C16H17N3. The average Bonchev–Trinajstić information content (AvgIpc) is 2.45. The van der Waals surface area contributed by atoms with Crippen LogP contribution in [0.3, 0.4) is 0 Å². The highest BCUT2D eigenvalue weighted by Crippen LogP contribution is 2.18. The van der Waals surface area contributed by atoms with Gasteiger partial charge in [0.15, 0.2) is 0 Å². The fourth-order valence-corrected chi connectivity index (χ4v) is 1.91. The molecule has 0 fully saturated rings. The second-order valence-electron chi connectivity index (χ2n) is 4.21. The Kier molecular flexibility index (Phi) is 4.18. The Morgan fingerprint density at radius 1 is 1.26 bits per heavy atom. The Bertz CT molecular complexity index is 613. The highest BCUT2D eigenvalue weighted by molar-refractivity contribution is 6.07. The van der Waals surface area contributed by atoms with Gasteiger partial charge in [0.05, 0.1) is 17.1 Å². The van der Waals surface area contributed by atoms with E-state index in [0.717, 1.165) is 28.4 Å². The van der Waals surface area contributed by atoms with Gasteiger partial charge in [-0.25, -0.2) is 0 Å². The van der Waals surface area contributed by atoms with Gasteiger partial charge in [-0.15, -0.1) is 0 Å². The summed E-state index contributed by atoms with van der Waals surface area (Å²) >= 11 is 0. The van der Waals surface area contributed by atoms with Gasteiger partial charge >= 0.3 is 0 Å². The molecule has 96 valence electrons. The van der Waals surface area contributed by atoms with Gasteiger partial charge in [-0.3, -0.25) is 15.0 Å². The summed E-state index contributed by atoms with van der Waals surface area (Å²) in [4.78, 5) is 13.2. The maximum absolute atomic E-state index is 4.54. The lowest BCUT2D eigenvalue weighted by atomic mass is 10.1. The first-order chi connectivity index (χ1) is 9.24. The Balaban J connectivity index is 2.52. The van der Waals surface area contributed by atoms with Crippen LogP contribution in [0.5, 0.6) is 0 Å². The predicted octanol–water partition coefficient (Wildman–Crippen LogP) is 3.45. The van der Waals surface area contributed by atoms with E-state index in [1.54, 1.807) is 13.2 Å². The number of nitrogens with zero attached hydrogens (tertiary/aromatic N) is 3. The molecule has 0 amide bonds. The first-order valence-corrected chi connectivity index (χ1v) is 6.24. The molecule has 0 atom stereocenters. The van der Waals surface area contributed by atoms with Crippen LogP contribution in [0.25, 0.3) is 11.3 Å². The van der Waals surface area contributed by atoms with Crippen molar-refractivity contribution in [2.75, 3.05) is 7.05 Å². The zero-order valence-corrected chi connectivity index (χ0v) is 11.5. The molecule has 0 saturated heterocycles. The minimum absolute atomic E-state index is 0.876. The third-order valence-electron chi connectivity index (χ3n) is 2.74. The number of aryl methyl sites for hydroxylation is 1. The van der Waals surface area contributed by atoms with Crippen molar-refractivity contribution >= 4 is 5.71 Å². The Morgan fingerprint density at radius 2 is 2.11 bits per heavy atom. The molecule has 3 heteroatoms. The minimum atomic E-state index is 0.876. The van der Waals surface area contributed by atoms with E-state index >= 15 is 0 Å². The van der Waals surface area contributed by atoms with Crippen LogP contribution in [0.15, 0.2) is 53.7 Å². The molecule has 0 aliphatic carbocycles. The molecule has 0 aromatic carbocycles. The smallest absolute Gasteiger partial charge is 0.0891 e. The predicted molar refractivity (Wildman–Crippen MR) is 79.5 cm³/mol. The van der Waals surface area contributed by atoms with Gasteiger partial charge in [0.2, 0.25) is 0 Å². The van der Waals surface area contributed by atoms with E-state index in [1.807, 2.05) is 56.3 Å². The number of allylic oxidation sites excluding steroid dienone is 2. The molecule has 0 aliphatic rings. The average molecular weight is 251 g/mol. The van der Waals surface area contributed by atoms with E-state index in [4.69, 9.17) is 0 Å².